The van der Waals surface area contributed by atoms with Crippen molar-refractivity contribution in [2.45, 2.75) is 13.0 Å². The van der Waals surface area contributed by atoms with Gasteiger partial charge in [-0.3, -0.25) is 4.98 Å². The second kappa shape index (κ2) is 5.64. The van der Waals surface area contributed by atoms with Gasteiger partial charge in [0.1, 0.15) is 0 Å². The van der Waals surface area contributed by atoms with Gasteiger partial charge in [0.2, 0.25) is 0 Å². The Labute approximate surface area is 131 Å². The van der Waals surface area contributed by atoms with Crippen LogP contribution in [0.25, 0.3) is 10.9 Å². The molecule has 1 aromatic carbocycles. The van der Waals surface area contributed by atoms with E-state index in [-0.39, 0.29) is 6.04 Å². The van der Waals surface area contributed by atoms with Crippen molar-refractivity contribution >= 4 is 38.2 Å². The van der Waals surface area contributed by atoms with Crippen molar-refractivity contribution in [1.29, 1.82) is 0 Å². The Morgan fingerprint density at radius 1 is 1.25 bits per heavy atom. The fraction of sp³-hybridized carbons (Fsp3) is 0.188. The smallest absolute Gasteiger partial charge is 0.0731 e. The van der Waals surface area contributed by atoms with E-state index in [0.29, 0.717) is 0 Å². The lowest BCUT2D eigenvalue weighted by Gasteiger charge is -2.17. The normalized spacial score (nSPS) is 12.8. The van der Waals surface area contributed by atoms with E-state index in [9.17, 15) is 0 Å². The third-order valence-corrected chi connectivity index (χ3v) is 5.64. The number of aryl methyl sites for hydroxylation is 1. The fourth-order valence-corrected chi connectivity index (χ4v) is 4.16. The minimum atomic E-state index is 0.192. The zero-order chi connectivity index (χ0) is 14.1. The van der Waals surface area contributed by atoms with Crippen molar-refractivity contribution in [3.05, 3.63) is 62.4 Å². The average molecular weight is 347 g/mol. The number of nitrogens with one attached hydrogen (secondary N) is 1. The molecule has 0 fully saturated rings. The molecule has 0 saturated carbocycles. The highest BCUT2D eigenvalue weighted by Crippen LogP contribution is 2.36. The number of hydrogen-bond acceptors (Lipinski definition) is 3. The van der Waals surface area contributed by atoms with Gasteiger partial charge >= 0.3 is 0 Å². The quantitative estimate of drug-likeness (QED) is 0.744. The third kappa shape index (κ3) is 2.39. The number of thiophene rings is 1. The topological polar surface area (TPSA) is 24.9 Å². The molecule has 1 N–H and O–H groups in total. The van der Waals surface area contributed by atoms with E-state index >= 15 is 0 Å². The summed E-state index contributed by atoms with van der Waals surface area (Å²) in [5, 5.41) is 4.63. The lowest BCUT2D eigenvalue weighted by molar-refractivity contribution is 0.708. The van der Waals surface area contributed by atoms with Crippen LogP contribution < -0.4 is 5.32 Å². The Kier molecular flexibility index (Phi) is 3.87. The van der Waals surface area contributed by atoms with Crippen molar-refractivity contribution < 1.29 is 0 Å². The minimum absolute atomic E-state index is 0.192. The van der Waals surface area contributed by atoms with Gasteiger partial charge in [0.15, 0.2) is 0 Å². The largest absolute Gasteiger partial charge is 0.309 e. The van der Waals surface area contributed by atoms with Crippen molar-refractivity contribution in [3.63, 3.8) is 0 Å². The Morgan fingerprint density at radius 2 is 2.10 bits per heavy atom. The summed E-state index contributed by atoms with van der Waals surface area (Å²) < 4.78 is 1.20. The Bertz CT molecular complexity index is 726. The number of benzene rings is 1. The number of fused-ring (bicyclic) bond motifs is 1. The van der Waals surface area contributed by atoms with Crippen molar-refractivity contribution in [1.82, 2.24) is 10.3 Å². The lowest BCUT2D eigenvalue weighted by Crippen LogP contribution is -2.16. The molecule has 2 nitrogen and oxygen atoms in total. The van der Waals surface area contributed by atoms with Gasteiger partial charge in [-0.25, -0.2) is 0 Å². The first-order chi connectivity index (χ1) is 9.70. The van der Waals surface area contributed by atoms with Crippen LogP contribution in [0.1, 0.15) is 22.0 Å². The second-order valence-corrected chi connectivity index (χ2v) is 7.15. The van der Waals surface area contributed by atoms with Crippen LogP contribution in [0.3, 0.4) is 0 Å². The van der Waals surface area contributed by atoms with Crippen LogP contribution in [0.5, 0.6) is 0 Å². The summed E-state index contributed by atoms with van der Waals surface area (Å²) in [6.45, 7) is 2.13. The van der Waals surface area contributed by atoms with Crippen molar-refractivity contribution in [2.24, 2.45) is 0 Å². The van der Waals surface area contributed by atoms with E-state index < -0.39 is 0 Å². The SMILES string of the molecule is CNC(c1cc(C)c(Br)s1)c1cccc2ncccc12. The van der Waals surface area contributed by atoms with Crippen molar-refractivity contribution in [2.75, 3.05) is 7.05 Å². The predicted octanol–water partition coefficient (Wildman–Crippen LogP) is 4.68. The maximum Gasteiger partial charge on any atom is 0.0731 e. The van der Waals surface area contributed by atoms with Gasteiger partial charge in [-0.2, -0.15) is 0 Å². The van der Waals surface area contributed by atoms with Crippen LogP contribution >= 0.6 is 27.3 Å². The van der Waals surface area contributed by atoms with Crippen LogP contribution in [-0.4, -0.2) is 12.0 Å². The summed E-state index contributed by atoms with van der Waals surface area (Å²) in [5.41, 5.74) is 3.59. The van der Waals surface area contributed by atoms with E-state index in [1.54, 1.807) is 11.3 Å². The molecule has 102 valence electrons. The molecule has 0 saturated heterocycles. The molecule has 0 aliphatic rings. The van der Waals surface area contributed by atoms with E-state index in [2.05, 4.69) is 63.5 Å². The number of halogens is 1. The molecule has 3 rings (SSSR count). The first kappa shape index (κ1) is 13.7. The maximum atomic E-state index is 4.44. The van der Waals surface area contributed by atoms with Gasteiger partial charge in [-0.1, -0.05) is 18.2 Å². The molecular weight excluding hydrogens is 332 g/mol. The van der Waals surface area contributed by atoms with E-state index in [1.165, 1.54) is 25.2 Å². The molecule has 4 heteroatoms. The summed E-state index contributed by atoms with van der Waals surface area (Å²) in [4.78, 5) is 5.75. The molecule has 1 atom stereocenters. The molecule has 0 aliphatic carbocycles. The van der Waals surface area contributed by atoms with Gasteiger partial charge in [0.25, 0.3) is 0 Å². The predicted molar refractivity (Wildman–Crippen MR) is 89.4 cm³/mol. The van der Waals surface area contributed by atoms with Crippen LogP contribution in [0.2, 0.25) is 0 Å². The van der Waals surface area contributed by atoms with Gasteiger partial charge in [-0.15, -0.1) is 11.3 Å². The Hall–Kier alpha value is -1.23. The molecule has 0 amide bonds. The standard InChI is InChI=1S/C16H15BrN2S/c1-10-9-14(20-16(10)17)15(18-2)12-5-3-7-13-11(12)6-4-8-19-13/h3-9,15,18H,1-2H3. The lowest BCUT2D eigenvalue weighted by atomic mass is 10.00. The number of rotatable bonds is 3. The molecule has 3 aromatic rings. The van der Waals surface area contributed by atoms with Gasteiger partial charge in [0.05, 0.1) is 15.3 Å². The van der Waals surface area contributed by atoms with Crippen LogP contribution in [0.4, 0.5) is 0 Å². The van der Waals surface area contributed by atoms with E-state index in [0.717, 1.165) is 5.52 Å². The monoisotopic (exact) mass is 346 g/mol. The van der Waals surface area contributed by atoms with E-state index in [1.807, 2.05) is 19.3 Å². The van der Waals surface area contributed by atoms with Gasteiger partial charge < -0.3 is 5.32 Å². The van der Waals surface area contributed by atoms with Gasteiger partial charge in [-0.05, 0) is 59.2 Å². The van der Waals surface area contributed by atoms with Crippen molar-refractivity contribution in [3.8, 4) is 0 Å². The van der Waals surface area contributed by atoms with Gasteiger partial charge in [0, 0.05) is 16.5 Å². The molecule has 2 aromatic heterocycles. The molecule has 20 heavy (non-hydrogen) atoms. The number of aromatic nitrogens is 1. The number of pyridine rings is 1. The van der Waals surface area contributed by atoms with Crippen LogP contribution in [0, 0.1) is 6.92 Å². The molecule has 1 unspecified atom stereocenters. The molecule has 0 bridgehead atoms. The summed E-state index contributed by atoms with van der Waals surface area (Å²) >= 11 is 5.40. The number of nitrogens with zero attached hydrogens (tertiary/aromatic N) is 1. The molecule has 2 heterocycles. The first-order valence-electron chi connectivity index (χ1n) is 6.47. The maximum absolute atomic E-state index is 4.44. The minimum Gasteiger partial charge on any atom is -0.309 e. The van der Waals surface area contributed by atoms with E-state index in [4.69, 9.17) is 0 Å². The molecule has 0 spiro atoms. The zero-order valence-corrected chi connectivity index (χ0v) is 13.8. The van der Waals surface area contributed by atoms with Crippen LogP contribution in [0.15, 0.2) is 46.4 Å². The average Bonchev–Trinajstić information content (AvgIpc) is 2.79. The highest BCUT2D eigenvalue weighted by molar-refractivity contribution is 9.11. The Morgan fingerprint density at radius 3 is 2.80 bits per heavy atom. The highest BCUT2D eigenvalue weighted by Gasteiger charge is 2.17. The van der Waals surface area contributed by atoms with Crippen LogP contribution in [-0.2, 0) is 0 Å². The zero-order valence-electron chi connectivity index (χ0n) is 11.4. The Balaban J connectivity index is 2.16. The third-order valence-electron chi connectivity index (χ3n) is 3.44. The molecule has 0 aliphatic heterocycles. The summed E-state index contributed by atoms with van der Waals surface area (Å²) in [6.07, 6.45) is 1.84. The molecular formula is C16H15BrN2S. The summed E-state index contributed by atoms with van der Waals surface area (Å²) in [6, 6.07) is 12.9. The summed E-state index contributed by atoms with van der Waals surface area (Å²) in [5.74, 6) is 0. The molecule has 0 radical (unpaired) electrons. The first-order valence-corrected chi connectivity index (χ1v) is 8.08. The fourth-order valence-electron chi connectivity index (χ4n) is 2.46. The number of hydrogen-bond donors (Lipinski definition) is 1. The highest BCUT2D eigenvalue weighted by atomic mass is 79.9. The second-order valence-electron chi connectivity index (χ2n) is 4.74. The summed E-state index contributed by atoms with van der Waals surface area (Å²) in [7, 11) is 2.00.